The van der Waals surface area contributed by atoms with Gasteiger partial charge in [0.2, 0.25) is 0 Å². The van der Waals surface area contributed by atoms with Crippen LogP contribution in [0.4, 0.5) is 5.82 Å². The van der Waals surface area contributed by atoms with Gasteiger partial charge in [-0.05, 0) is 38.8 Å². The summed E-state index contributed by atoms with van der Waals surface area (Å²) in [6.45, 7) is 7.52. The first-order chi connectivity index (χ1) is 12.2. The predicted molar refractivity (Wildman–Crippen MR) is 95.4 cm³/mol. The molecule has 25 heavy (non-hydrogen) atoms. The van der Waals surface area contributed by atoms with Crippen molar-refractivity contribution >= 4 is 5.82 Å². The number of aryl methyl sites for hydroxylation is 1. The molecule has 0 amide bonds. The number of hydrogen-bond donors (Lipinski definition) is 0. The standard InChI is InChI=1S/C19H24N4O2/c1-13-14(2)21-17(16-5-3-4-8-20-16)22-18(13)23-9-6-15(7-10-23)19-24-11-12-25-19/h3-5,8,15,19H,6-7,9-12H2,1-2H3. The number of anilines is 1. The van der Waals surface area contributed by atoms with Crippen LogP contribution in [-0.4, -0.2) is 47.5 Å². The third kappa shape index (κ3) is 3.37. The van der Waals surface area contributed by atoms with Gasteiger partial charge in [0.15, 0.2) is 12.1 Å². The Balaban J connectivity index is 1.55. The van der Waals surface area contributed by atoms with E-state index in [0.29, 0.717) is 11.7 Å². The molecule has 2 saturated heterocycles. The van der Waals surface area contributed by atoms with Crippen LogP contribution in [0.25, 0.3) is 11.5 Å². The van der Waals surface area contributed by atoms with Crippen LogP contribution in [0.2, 0.25) is 0 Å². The molecular weight excluding hydrogens is 316 g/mol. The first-order valence-electron chi connectivity index (χ1n) is 8.97. The van der Waals surface area contributed by atoms with Crippen LogP contribution < -0.4 is 4.90 Å². The van der Waals surface area contributed by atoms with E-state index in [-0.39, 0.29) is 6.29 Å². The Morgan fingerprint density at radius 3 is 2.48 bits per heavy atom. The van der Waals surface area contributed by atoms with Gasteiger partial charge in [0.25, 0.3) is 0 Å². The molecule has 0 bridgehead atoms. The van der Waals surface area contributed by atoms with Gasteiger partial charge in [-0.2, -0.15) is 0 Å². The third-order valence-electron chi connectivity index (χ3n) is 5.13. The molecule has 132 valence electrons. The minimum absolute atomic E-state index is 0.0144. The Morgan fingerprint density at radius 2 is 1.80 bits per heavy atom. The Kier molecular flexibility index (Phi) is 4.63. The van der Waals surface area contributed by atoms with E-state index >= 15 is 0 Å². The number of pyridine rings is 1. The topological polar surface area (TPSA) is 60.4 Å². The Labute approximate surface area is 148 Å². The summed E-state index contributed by atoms with van der Waals surface area (Å²) in [6, 6.07) is 5.83. The molecule has 4 rings (SSSR count). The molecule has 0 aromatic carbocycles. The number of aromatic nitrogens is 3. The molecule has 0 spiro atoms. The van der Waals surface area contributed by atoms with E-state index in [0.717, 1.165) is 61.9 Å². The number of rotatable bonds is 3. The highest BCUT2D eigenvalue weighted by Crippen LogP contribution is 2.30. The Bertz CT molecular complexity index is 724. The second-order valence-corrected chi connectivity index (χ2v) is 6.73. The molecule has 2 fully saturated rings. The molecule has 0 unspecified atom stereocenters. The summed E-state index contributed by atoms with van der Waals surface area (Å²) in [6.07, 6.45) is 3.89. The van der Waals surface area contributed by atoms with Gasteiger partial charge in [-0.25, -0.2) is 9.97 Å². The lowest BCUT2D eigenvalue weighted by Crippen LogP contribution is -2.39. The average molecular weight is 340 g/mol. The van der Waals surface area contributed by atoms with Crippen molar-refractivity contribution in [1.82, 2.24) is 15.0 Å². The number of nitrogens with zero attached hydrogens (tertiary/aromatic N) is 4. The van der Waals surface area contributed by atoms with Crippen LogP contribution in [0.15, 0.2) is 24.4 Å². The SMILES string of the molecule is Cc1nc(-c2ccccn2)nc(N2CCC(C3OCCO3)CC2)c1C. The molecule has 2 aliphatic rings. The highest BCUT2D eigenvalue weighted by molar-refractivity contribution is 5.57. The maximum absolute atomic E-state index is 5.68. The summed E-state index contributed by atoms with van der Waals surface area (Å²) < 4.78 is 11.4. The Morgan fingerprint density at radius 1 is 1.04 bits per heavy atom. The molecular formula is C19H24N4O2. The smallest absolute Gasteiger partial charge is 0.180 e. The molecule has 0 saturated carbocycles. The summed E-state index contributed by atoms with van der Waals surface area (Å²) >= 11 is 0. The van der Waals surface area contributed by atoms with Gasteiger partial charge >= 0.3 is 0 Å². The summed E-state index contributed by atoms with van der Waals surface area (Å²) in [5, 5.41) is 0. The zero-order chi connectivity index (χ0) is 17.2. The zero-order valence-electron chi connectivity index (χ0n) is 14.8. The van der Waals surface area contributed by atoms with E-state index in [1.807, 2.05) is 25.1 Å². The molecule has 0 atom stereocenters. The van der Waals surface area contributed by atoms with Crippen LogP contribution in [0.1, 0.15) is 24.1 Å². The molecule has 0 radical (unpaired) electrons. The van der Waals surface area contributed by atoms with Gasteiger partial charge in [0.05, 0.1) is 13.2 Å². The number of ether oxygens (including phenoxy) is 2. The lowest BCUT2D eigenvalue weighted by Gasteiger charge is -2.35. The fraction of sp³-hybridized carbons (Fsp3) is 0.526. The largest absolute Gasteiger partial charge is 0.356 e. The van der Waals surface area contributed by atoms with Crippen LogP contribution in [0, 0.1) is 19.8 Å². The highest BCUT2D eigenvalue weighted by atomic mass is 16.7. The predicted octanol–water partition coefficient (Wildman–Crippen LogP) is 2.74. The quantitative estimate of drug-likeness (QED) is 0.856. The fourth-order valence-corrected chi connectivity index (χ4v) is 3.56. The molecule has 2 aliphatic heterocycles. The van der Waals surface area contributed by atoms with E-state index in [1.54, 1.807) is 6.20 Å². The van der Waals surface area contributed by atoms with E-state index < -0.39 is 0 Å². The molecule has 2 aromatic rings. The van der Waals surface area contributed by atoms with Gasteiger partial charge in [0, 0.05) is 36.5 Å². The summed E-state index contributed by atoms with van der Waals surface area (Å²) in [5.41, 5.74) is 2.97. The maximum Gasteiger partial charge on any atom is 0.180 e. The van der Waals surface area contributed by atoms with Gasteiger partial charge in [0.1, 0.15) is 11.5 Å². The molecule has 4 heterocycles. The van der Waals surface area contributed by atoms with Crippen molar-refractivity contribution in [2.75, 3.05) is 31.2 Å². The molecule has 6 heteroatoms. The van der Waals surface area contributed by atoms with E-state index in [1.165, 1.54) is 0 Å². The second kappa shape index (κ2) is 7.06. The highest BCUT2D eigenvalue weighted by Gasteiger charge is 2.31. The second-order valence-electron chi connectivity index (χ2n) is 6.73. The lowest BCUT2D eigenvalue weighted by molar-refractivity contribution is -0.0889. The first-order valence-corrected chi connectivity index (χ1v) is 8.97. The van der Waals surface area contributed by atoms with Crippen molar-refractivity contribution in [1.29, 1.82) is 0 Å². The van der Waals surface area contributed by atoms with Crippen molar-refractivity contribution in [2.24, 2.45) is 5.92 Å². The normalized spacial score (nSPS) is 19.5. The van der Waals surface area contributed by atoms with Crippen molar-refractivity contribution in [3.63, 3.8) is 0 Å². The van der Waals surface area contributed by atoms with E-state index in [4.69, 9.17) is 14.5 Å². The van der Waals surface area contributed by atoms with Gasteiger partial charge < -0.3 is 14.4 Å². The van der Waals surface area contributed by atoms with E-state index in [2.05, 4.69) is 21.8 Å². The van der Waals surface area contributed by atoms with Gasteiger partial charge in [-0.1, -0.05) is 6.07 Å². The van der Waals surface area contributed by atoms with Crippen molar-refractivity contribution in [3.05, 3.63) is 35.7 Å². The summed E-state index contributed by atoms with van der Waals surface area (Å²) in [7, 11) is 0. The minimum atomic E-state index is -0.0144. The average Bonchev–Trinajstić information content (AvgIpc) is 3.19. The fourth-order valence-electron chi connectivity index (χ4n) is 3.56. The zero-order valence-corrected chi connectivity index (χ0v) is 14.8. The van der Waals surface area contributed by atoms with Crippen molar-refractivity contribution in [2.45, 2.75) is 33.0 Å². The van der Waals surface area contributed by atoms with Crippen molar-refractivity contribution in [3.8, 4) is 11.5 Å². The van der Waals surface area contributed by atoms with E-state index in [9.17, 15) is 0 Å². The Hall–Kier alpha value is -2.05. The molecule has 6 nitrogen and oxygen atoms in total. The first kappa shape index (κ1) is 16.4. The summed E-state index contributed by atoms with van der Waals surface area (Å²) in [4.78, 5) is 16.2. The molecule has 2 aromatic heterocycles. The van der Waals surface area contributed by atoms with Crippen LogP contribution in [-0.2, 0) is 9.47 Å². The van der Waals surface area contributed by atoms with Gasteiger partial charge in [-0.15, -0.1) is 0 Å². The summed E-state index contributed by atoms with van der Waals surface area (Å²) in [5.74, 6) is 2.21. The van der Waals surface area contributed by atoms with Crippen LogP contribution >= 0.6 is 0 Å². The van der Waals surface area contributed by atoms with Crippen LogP contribution in [0.3, 0.4) is 0 Å². The van der Waals surface area contributed by atoms with Crippen LogP contribution in [0.5, 0.6) is 0 Å². The van der Waals surface area contributed by atoms with Crippen molar-refractivity contribution < 1.29 is 9.47 Å². The maximum atomic E-state index is 5.68. The lowest BCUT2D eigenvalue weighted by atomic mass is 9.96. The van der Waals surface area contributed by atoms with Gasteiger partial charge in [-0.3, -0.25) is 4.98 Å². The minimum Gasteiger partial charge on any atom is -0.356 e. The molecule has 0 N–H and O–H groups in total. The third-order valence-corrected chi connectivity index (χ3v) is 5.13. The number of piperidine rings is 1. The number of hydrogen-bond acceptors (Lipinski definition) is 6. The monoisotopic (exact) mass is 340 g/mol. The molecule has 0 aliphatic carbocycles.